The summed E-state index contributed by atoms with van der Waals surface area (Å²) in [6.07, 6.45) is 2.01. The lowest BCUT2D eigenvalue weighted by molar-refractivity contribution is 0.0952. The lowest BCUT2D eigenvalue weighted by atomic mass is 10.2. The average Bonchev–Trinajstić information content (AvgIpc) is 2.28. The third-order valence-electron chi connectivity index (χ3n) is 2.36. The molecule has 94 valence electrons. The molecule has 0 fully saturated rings. The van der Waals surface area contributed by atoms with E-state index in [0.29, 0.717) is 16.9 Å². The normalized spacial score (nSPS) is 12.2. The quantitative estimate of drug-likeness (QED) is 0.688. The second kappa shape index (κ2) is 7.54. The predicted octanol–water partition coefficient (Wildman–Crippen LogP) is 4.51. The van der Waals surface area contributed by atoms with Crippen molar-refractivity contribution in [2.75, 3.05) is 6.54 Å². The zero-order chi connectivity index (χ0) is 12.8. The van der Waals surface area contributed by atoms with Gasteiger partial charge in [-0.1, -0.05) is 38.8 Å². The smallest absolute Gasteiger partial charge is 0.252 e. The van der Waals surface area contributed by atoms with E-state index in [1.54, 1.807) is 6.07 Å². The second-order valence-electron chi connectivity index (χ2n) is 3.67. The summed E-state index contributed by atoms with van der Waals surface area (Å²) in [5.74, 6) is -0.0415. The highest BCUT2D eigenvalue weighted by atomic mass is 79.9. The van der Waals surface area contributed by atoms with Gasteiger partial charge in [-0.25, -0.2) is 0 Å². The molecule has 0 aliphatic heterocycles. The molecule has 0 spiro atoms. The fourth-order valence-corrected chi connectivity index (χ4v) is 2.77. The highest BCUT2D eigenvalue weighted by molar-refractivity contribution is 9.11. The number of rotatable bonds is 5. The third kappa shape index (κ3) is 5.10. The van der Waals surface area contributed by atoms with Crippen LogP contribution in [0.25, 0.3) is 0 Å². The molecule has 0 aliphatic rings. The van der Waals surface area contributed by atoms with E-state index in [0.717, 1.165) is 21.8 Å². The molecule has 17 heavy (non-hydrogen) atoms. The number of amides is 1. The molecule has 2 nitrogen and oxygen atoms in total. The number of carbonyl (C=O) groups is 1. The van der Waals surface area contributed by atoms with Crippen LogP contribution in [0, 0.1) is 0 Å². The molecule has 0 saturated heterocycles. The summed E-state index contributed by atoms with van der Waals surface area (Å²) in [6.45, 7) is 2.80. The van der Waals surface area contributed by atoms with Gasteiger partial charge in [0.2, 0.25) is 0 Å². The van der Waals surface area contributed by atoms with Crippen molar-refractivity contribution in [2.45, 2.75) is 24.6 Å². The first-order valence-corrected chi connectivity index (χ1v) is 7.92. The van der Waals surface area contributed by atoms with Gasteiger partial charge in [0.15, 0.2) is 0 Å². The molecule has 5 heteroatoms. The maximum absolute atomic E-state index is 11.9. The molecule has 1 amide bonds. The summed E-state index contributed by atoms with van der Waals surface area (Å²) in [5.41, 5.74) is 0.663. The molecule has 0 radical (unpaired) electrons. The van der Waals surface area contributed by atoms with Crippen LogP contribution in [-0.2, 0) is 0 Å². The zero-order valence-electron chi connectivity index (χ0n) is 9.47. The lowest BCUT2D eigenvalue weighted by Gasteiger charge is -2.09. The minimum absolute atomic E-state index is 0.0415. The van der Waals surface area contributed by atoms with Crippen LogP contribution in [0.4, 0.5) is 0 Å². The van der Waals surface area contributed by atoms with Crippen molar-refractivity contribution >= 4 is 53.7 Å². The van der Waals surface area contributed by atoms with Crippen LogP contribution < -0.4 is 5.32 Å². The predicted molar refractivity (Wildman–Crippen MR) is 81.8 cm³/mol. The van der Waals surface area contributed by atoms with Crippen LogP contribution in [0.3, 0.4) is 0 Å². The van der Waals surface area contributed by atoms with Gasteiger partial charge in [-0.3, -0.25) is 4.79 Å². The molecular weight excluding hydrogens is 414 g/mol. The van der Waals surface area contributed by atoms with Gasteiger partial charge in [-0.05, 0) is 47.0 Å². The molecule has 1 unspecified atom stereocenters. The van der Waals surface area contributed by atoms with Crippen LogP contribution in [0.2, 0.25) is 0 Å². The van der Waals surface area contributed by atoms with Crippen molar-refractivity contribution in [2.24, 2.45) is 0 Å². The number of alkyl halides is 1. The van der Waals surface area contributed by atoms with Gasteiger partial charge in [0.05, 0.1) is 5.56 Å². The first-order chi connectivity index (χ1) is 8.04. The molecule has 1 N–H and O–H groups in total. The summed E-state index contributed by atoms with van der Waals surface area (Å²) < 4.78 is 1.75. The fourth-order valence-electron chi connectivity index (χ4n) is 1.32. The van der Waals surface area contributed by atoms with E-state index in [1.807, 2.05) is 12.1 Å². The minimum Gasteiger partial charge on any atom is -0.352 e. The summed E-state index contributed by atoms with van der Waals surface area (Å²) >= 11 is 10.3. The van der Waals surface area contributed by atoms with Gasteiger partial charge >= 0.3 is 0 Å². The van der Waals surface area contributed by atoms with Crippen molar-refractivity contribution in [3.63, 3.8) is 0 Å². The van der Waals surface area contributed by atoms with Crippen molar-refractivity contribution < 1.29 is 4.79 Å². The Morgan fingerprint density at radius 1 is 1.41 bits per heavy atom. The average molecular weight is 428 g/mol. The second-order valence-corrected chi connectivity index (χ2v) is 6.74. The summed E-state index contributed by atoms with van der Waals surface area (Å²) in [6, 6.07) is 5.53. The van der Waals surface area contributed by atoms with Gasteiger partial charge in [0.25, 0.3) is 5.91 Å². The van der Waals surface area contributed by atoms with Crippen molar-refractivity contribution in [1.82, 2.24) is 5.32 Å². The van der Waals surface area contributed by atoms with Crippen LogP contribution in [-0.4, -0.2) is 17.3 Å². The Morgan fingerprint density at radius 3 is 2.71 bits per heavy atom. The van der Waals surface area contributed by atoms with Crippen LogP contribution in [0.15, 0.2) is 27.1 Å². The largest absolute Gasteiger partial charge is 0.352 e. The van der Waals surface area contributed by atoms with E-state index in [1.165, 1.54) is 0 Å². The molecule has 1 aromatic carbocycles. The minimum atomic E-state index is -0.0415. The van der Waals surface area contributed by atoms with Gasteiger partial charge in [-0.2, -0.15) is 0 Å². The van der Waals surface area contributed by atoms with Gasteiger partial charge in [0.1, 0.15) is 0 Å². The topological polar surface area (TPSA) is 29.1 Å². The van der Waals surface area contributed by atoms with Gasteiger partial charge in [0, 0.05) is 20.3 Å². The molecule has 0 aliphatic carbocycles. The monoisotopic (exact) mass is 425 g/mol. The maximum Gasteiger partial charge on any atom is 0.252 e. The van der Waals surface area contributed by atoms with Crippen molar-refractivity contribution in [3.05, 3.63) is 32.7 Å². The summed E-state index contributed by atoms with van der Waals surface area (Å²) in [7, 11) is 0. The maximum atomic E-state index is 11.9. The number of halogens is 3. The molecule has 0 bridgehead atoms. The van der Waals surface area contributed by atoms with Crippen molar-refractivity contribution in [3.8, 4) is 0 Å². The van der Waals surface area contributed by atoms with Crippen LogP contribution in [0.5, 0.6) is 0 Å². The molecule has 1 aromatic rings. The third-order valence-corrected chi connectivity index (χ3v) is 4.62. The number of hydrogen-bond donors (Lipinski definition) is 1. The van der Waals surface area contributed by atoms with E-state index in [-0.39, 0.29) is 5.91 Å². The van der Waals surface area contributed by atoms with Gasteiger partial charge < -0.3 is 5.32 Å². The van der Waals surface area contributed by atoms with E-state index in [2.05, 4.69) is 60.0 Å². The van der Waals surface area contributed by atoms with E-state index in [4.69, 9.17) is 0 Å². The Kier molecular flexibility index (Phi) is 6.74. The Labute approximate surface area is 127 Å². The Morgan fingerprint density at radius 2 is 2.12 bits per heavy atom. The number of benzene rings is 1. The number of hydrogen-bond acceptors (Lipinski definition) is 1. The lowest BCUT2D eigenvalue weighted by Crippen LogP contribution is -2.26. The summed E-state index contributed by atoms with van der Waals surface area (Å²) in [5, 5.41) is 2.91. The molecule has 1 rings (SSSR count). The SMILES string of the molecule is CCC(Br)CCNC(=O)c1ccc(Br)cc1Br. The fraction of sp³-hybridized carbons (Fsp3) is 0.417. The Bertz CT molecular complexity index is 395. The first-order valence-electron chi connectivity index (χ1n) is 5.42. The molecule has 1 atom stereocenters. The van der Waals surface area contributed by atoms with Crippen LogP contribution in [0.1, 0.15) is 30.1 Å². The summed E-state index contributed by atoms with van der Waals surface area (Å²) in [4.78, 5) is 12.3. The van der Waals surface area contributed by atoms with Gasteiger partial charge in [-0.15, -0.1) is 0 Å². The molecule has 0 saturated carbocycles. The number of nitrogens with one attached hydrogen (secondary N) is 1. The molecule has 0 aromatic heterocycles. The molecular formula is C12H14Br3NO. The van der Waals surface area contributed by atoms with Crippen molar-refractivity contribution in [1.29, 1.82) is 0 Å². The van der Waals surface area contributed by atoms with Crippen LogP contribution >= 0.6 is 47.8 Å². The Hall–Kier alpha value is 0.130. The highest BCUT2D eigenvalue weighted by Crippen LogP contribution is 2.21. The molecule has 0 heterocycles. The Balaban J connectivity index is 2.52. The number of carbonyl (C=O) groups excluding carboxylic acids is 1. The van der Waals surface area contributed by atoms with E-state index in [9.17, 15) is 4.79 Å². The standard InChI is InChI=1S/C12H14Br3NO/c1-2-8(13)5-6-16-12(17)10-4-3-9(14)7-11(10)15/h3-4,7-8H,2,5-6H2,1H3,(H,16,17). The first kappa shape index (κ1) is 15.2. The highest BCUT2D eigenvalue weighted by Gasteiger charge is 2.10. The van der Waals surface area contributed by atoms with E-state index >= 15 is 0 Å². The zero-order valence-corrected chi connectivity index (χ0v) is 14.2. The van der Waals surface area contributed by atoms with E-state index < -0.39 is 0 Å².